The second kappa shape index (κ2) is 9.03. The summed E-state index contributed by atoms with van der Waals surface area (Å²) in [5.74, 6) is 0.371. The van der Waals surface area contributed by atoms with Gasteiger partial charge in [-0.15, -0.1) is 0 Å². The molecule has 0 atom stereocenters. The van der Waals surface area contributed by atoms with Crippen molar-refractivity contribution >= 4 is 5.91 Å². The molecule has 0 saturated carbocycles. The molecule has 0 bridgehead atoms. The molecule has 140 valence electrons. The summed E-state index contributed by atoms with van der Waals surface area (Å²) in [6, 6.07) is 9.87. The molecule has 7 heteroatoms. The van der Waals surface area contributed by atoms with Crippen LogP contribution in [0.2, 0.25) is 0 Å². The maximum Gasteiger partial charge on any atom is 0.387 e. The van der Waals surface area contributed by atoms with Gasteiger partial charge in [-0.2, -0.15) is 8.78 Å². The normalized spacial score (nSPS) is 10.5. The quantitative estimate of drug-likeness (QED) is 0.725. The maximum atomic E-state index is 12.3. The van der Waals surface area contributed by atoms with E-state index in [1.165, 1.54) is 25.3 Å². The number of halogens is 2. The number of alkyl halides is 2. The van der Waals surface area contributed by atoms with Crippen LogP contribution in [0, 0.1) is 13.8 Å². The third-order valence-corrected chi connectivity index (χ3v) is 3.68. The van der Waals surface area contributed by atoms with E-state index in [0.29, 0.717) is 13.2 Å². The smallest absolute Gasteiger partial charge is 0.387 e. The molecule has 5 nitrogen and oxygen atoms in total. The summed E-state index contributed by atoms with van der Waals surface area (Å²) in [5.41, 5.74) is 2.32. The van der Waals surface area contributed by atoms with Crippen LogP contribution in [0.15, 0.2) is 36.4 Å². The van der Waals surface area contributed by atoms with E-state index in [1.807, 2.05) is 32.0 Å². The van der Waals surface area contributed by atoms with Gasteiger partial charge >= 0.3 is 6.61 Å². The first kappa shape index (κ1) is 19.5. The van der Waals surface area contributed by atoms with E-state index in [2.05, 4.69) is 10.1 Å². The highest BCUT2D eigenvalue weighted by Crippen LogP contribution is 2.29. The van der Waals surface area contributed by atoms with Crippen molar-refractivity contribution in [1.82, 2.24) is 5.32 Å². The largest absolute Gasteiger partial charge is 0.493 e. The first-order chi connectivity index (χ1) is 12.4. The van der Waals surface area contributed by atoms with Gasteiger partial charge in [0.1, 0.15) is 12.4 Å². The molecule has 2 aromatic rings. The average molecular weight is 365 g/mol. The Morgan fingerprint density at radius 3 is 2.42 bits per heavy atom. The Balaban J connectivity index is 1.91. The molecule has 0 aliphatic rings. The van der Waals surface area contributed by atoms with Crippen molar-refractivity contribution in [3.8, 4) is 17.2 Å². The lowest BCUT2D eigenvalue weighted by molar-refractivity contribution is -0.0512. The Hall–Kier alpha value is -2.83. The lowest BCUT2D eigenvalue weighted by Gasteiger charge is -2.13. The predicted octanol–water partition coefficient (Wildman–Crippen LogP) is 3.72. The molecule has 0 radical (unpaired) electrons. The molecule has 26 heavy (non-hydrogen) atoms. The van der Waals surface area contributed by atoms with Crippen LogP contribution in [0.3, 0.4) is 0 Å². The fraction of sp³-hybridized carbons (Fsp3) is 0.316. The van der Waals surface area contributed by atoms with Gasteiger partial charge in [-0.05, 0) is 43.2 Å². The molecule has 0 aliphatic carbocycles. The molecule has 0 unspecified atom stereocenters. The first-order valence-corrected chi connectivity index (χ1v) is 8.02. The number of benzene rings is 2. The lowest BCUT2D eigenvalue weighted by Crippen LogP contribution is -2.28. The molecule has 0 aromatic heterocycles. The Morgan fingerprint density at radius 1 is 1.12 bits per heavy atom. The monoisotopic (exact) mass is 365 g/mol. The highest BCUT2D eigenvalue weighted by Gasteiger charge is 2.14. The molecule has 0 fully saturated rings. The minimum Gasteiger partial charge on any atom is -0.493 e. The third kappa shape index (κ3) is 5.08. The summed E-state index contributed by atoms with van der Waals surface area (Å²) in [7, 11) is 1.31. The van der Waals surface area contributed by atoms with Crippen LogP contribution in [-0.2, 0) is 0 Å². The molecule has 1 amide bonds. The summed E-state index contributed by atoms with van der Waals surface area (Å²) < 4.78 is 39.7. The van der Waals surface area contributed by atoms with Crippen molar-refractivity contribution in [1.29, 1.82) is 0 Å². The lowest BCUT2D eigenvalue weighted by atomic mass is 10.1. The van der Waals surface area contributed by atoms with Crippen molar-refractivity contribution in [2.45, 2.75) is 20.5 Å². The van der Waals surface area contributed by atoms with Crippen molar-refractivity contribution in [3.05, 3.63) is 53.1 Å². The summed E-state index contributed by atoms with van der Waals surface area (Å²) in [5, 5.41) is 2.71. The van der Waals surface area contributed by atoms with Gasteiger partial charge in [0.2, 0.25) is 0 Å². The molecular weight excluding hydrogens is 344 g/mol. The number of rotatable bonds is 8. The number of carbonyl (C=O) groups excluding carboxylic acids is 1. The van der Waals surface area contributed by atoms with Gasteiger partial charge < -0.3 is 19.5 Å². The fourth-order valence-electron chi connectivity index (χ4n) is 2.45. The van der Waals surface area contributed by atoms with Crippen LogP contribution < -0.4 is 19.5 Å². The molecular formula is C19H21F2NO4. The second-order valence-electron chi connectivity index (χ2n) is 5.57. The van der Waals surface area contributed by atoms with Crippen molar-refractivity contribution in [2.24, 2.45) is 0 Å². The van der Waals surface area contributed by atoms with E-state index >= 15 is 0 Å². The second-order valence-corrected chi connectivity index (χ2v) is 5.57. The first-order valence-electron chi connectivity index (χ1n) is 8.02. The summed E-state index contributed by atoms with van der Waals surface area (Å²) in [6.45, 7) is 1.54. The maximum absolute atomic E-state index is 12.3. The molecule has 0 aliphatic heterocycles. The topological polar surface area (TPSA) is 56.8 Å². The van der Waals surface area contributed by atoms with Gasteiger partial charge in [0, 0.05) is 5.56 Å². The zero-order valence-electron chi connectivity index (χ0n) is 14.8. The SMILES string of the molecule is COc1cc(C(=O)NCCOc2c(C)cccc2C)ccc1OC(F)F. The highest BCUT2D eigenvalue weighted by atomic mass is 19.3. The van der Waals surface area contributed by atoms with Crippen LogP contribution in [0.1, 0.15) is 21.5 Å². The van der Waals surface area contributed by atoms with E-state index in [-0.39, 0.29) is 23.0 Å². The minimum absolute atomic E-state index is 0.0599. The number of ether oxygens (including phenoxy) is 3. The molecule has 2 rings (SSSR count). The average Bonchev–Trinajstić information content (AvgIpc) is 2.60. The molecule has 0 spiro atoms. The minimum atomic E-state index is -2.97. The van der Waals surface area contributed by atoms with Crippen LogP contribution in [0.4, 0.5) is 8.78 Å². The predicted molar refractivity (Wildman–Crippen MR) is 93.4 cm³/mol. The molecule has 2 aromatic carbocycles. The van der Waals surface area contributed by atoms with E-state index in [4.69, 9.17) is 9.47 Å². The van der Waals surface area contributed by atoms with E-state index in [0.717, 1.165) is 16.9 Å². The van der Waals surface area contributed by atoms with Crippen LogP contribution in [0.25, 0.3) is 0 Å². The van der Waals surface area contributed by atoms with E-state index < -0.39 is 6.61 Å². The number of para-hydroxylation sites is 1. The van der Waals surface area contributed by atoms with Gasteiger partial charge in [0.25, 0.3) is 5.91 Å². The van der Waals surface area contributed by atoms with Crippen LogP contribution in [0.5, 0.6) is 17.2 Å². The Kier molecular flexibility index (Phi) is 6.77. The Morgan fingerprint density at radius 2 is 1.81 bits per heavy atom. The standard InChI is InChI=1S/C19H21F2NO4/c1-12-5-4-6-13(2)17(12)25-10-9-22-18(23)14-7-8-15(26-19(20)21)16(11-14)24-3/h4-8,11,19H,9-10H2,1-3H3,(H,22,23). The van der Waals surface area contributed by atoms with Crippen molar-refractivity contribution in [2.75, 3.05) is 20.3 Å². The molecule has 0 saturated heterocycles. The summed E-state index contributed by atoms with van der Waals surface area (Å²) in [6.07, 6.45) is 0. The number of amides is 1. The van der Waals surface area contributed by atoms with Crippen LogP contribution >= 0.6 is 0 Å². The highest BCUT2D eigenvalue weighted by molar-refractivity contribution is 5.94. The molecule has 0 heterocycles. The summed E-state index contributed by atoms with van der Waals surface area (Å²) in [4.78, 5) is 12.2. The number of aryl methyl sites for hydroxylation is 2. The number of nitrogens with one attached hydrogen (secondary N) is 1. The van der Waals surface area contributed by atoms with E-state index in [1.54, 1.807) is 0 Å². The van der Waals surface area contributed by atoms with Gasteiger partial charge in [-0.3, -0.25) is 4.79 Å². The van der Waals surface area contributed by atoms with Gasteiger partial charge in [0.15, 0.2) is 11.5 Å². The van der Waals surface area contributed by atoms with Gasteiger partial charge in [-0.25, -0.2) is 0 Å². The van der Waals surface area contributed by atoms with E-state index in [9.17, 15) is 13.6 Å². The number of carbonyl (C=O) groups is 1. The molecule has 1 N–H and O–H groups in total. The van der Waals surface area contributed by atoms with Crippen molar-refractivity contribution in [3.63, 3.8) is 0 Å². The van der Waals surface area contributed by atoms with Gasteiger partial charge in [-0.1, -0.05) is 18.2 Å². The zero-order chi connectivity index (χ0) is 19.1. The van der Waals surface area contributed by atoms with Crippen LogP contribution in [-0.4, -0.2) is 32.8 Å². The zero-order valence-corrected chi connectivity index (χ0v) is 14.8. The van der Waals surface area contributed by atoms with Crippen molar-refractivity contribution < 1.29 is 27.8 Å². The number of hydrogen-bond donors (Lipinski definition) is 1. The Labute approximate surface area is 150 Å². The number of hydrogen-bond acceptors (Lipinski definition) is 4. The Bertz CT molecular complexity index is 745. The third-order valence-electron chi connectivity index (χ3n) is 3.68. The number of methoxy groups -OCH3 is 1. The van der Waals surface area contributed by atoms with Gasteiger partial charge in [0.05, 0.1) is 13.7 Å². The summed E-state index contributed by atoms with van der Waals surface area (Å²) >= 11 is 0. The fourth-order valence-corrected chi connectivity index (χ4v) is 2.45.